The van der Waals surface area contributed by atoms with Crippen molar-refractivity contribution in [2.45, 2.75) is 25.9 Å². The van der Waals surface area contributed by atoms with Crippen molar-refractivity contribution in [3.8, 4) is 6.07 Å². The van der Waals surface area contributed by atoms with Gasteiger partial charge in [0.2, 0.25) is 0 Å². The molecular weight excluding hydrogens is 314 g/mol. The van der Waals surface area contributed by atoms with Crippen molar-refractivity contribution < 1.29 is 9.84 Å². The van der Waals surface area contributed by atoms with E-state index >= 15 is 0 Å². The summed E-state index contributed by atoms with van der Waals surface area (Å²) in [6.45, 7) is 2.78. The number of benzene rings is 1. The maximum absolute atomic E-state index is 9.41. The van der Waals surface area contributed by atoms with Crippen molar-refractivity contribution in [2.24, 2.45) is 0 Å². The zero-order valence-corrected chi connectivity index (χ0v) is 13.8. The van der Waals surface area contributed by atoms with Crippen molar-refractivity contribution in [3.63, 3.8) is 0 Å². The van der Waals surface area contributed by atoms with Gasteiger partial charge >= 0.3 is 0 Å². The van der Waals surface area contributed by atoms with E-state index in [0.29, 0.717) is 12.1 Å². The molecule has 0 bridgehead atoms. The van der Waals surface area contributed by atoms with Crippen LogP contribution in [0.15, 0.2) is 54.4 Å². The van der Waals surface area contributed by atoms with Crippen LogP contribution in [0, 0.1) is 18.3 Å². The number of aromatic nitrogens is 2. The van der Waals surface area contributed by atoms with E-state index in [1.807, 2.05) is 24.4 Å². The first-order chi connectivity index (χ1) is 12.2. The van der Waals surface area contributed by atoms with Crippen LogP contribution in [0.4, 0.5) is 0 Å². The van der Waals surface area contributed by atoms with E-state index in [0.717, 1.165) is 16.6 Å². The van der Waals surface area contributed by atoms with Crippen molar-refractivity contribution in [1.82, 2.24) is 9.55 Å². The third-order valence-corrected chi connectivity index (χ3v) is 4.32. The number of fused-ring (bicyclic) bond motifs is 1. The highest BCUT2D eigenvalue weighted by Gasteiger charge is 2.40. The van der Waals surface area contributed by atoms with Crippen molar-refractivity contribution in [1.29, 1.82) is 5.26 Å². The third-order valence-electron chi connectivity index (χ3n) is 4.32. The molecule has 2 unspecified atom stereocenters. The van der Waals surface area contributed by atoms with Crippen molar-refractivity contribution >= 4 is 17.1 Å². The first kappa shape index (κ1) is 15.6. The standard InChI is InChI=1S/C20H17N3O2/c1-13-4-2-5-14(8-13)11-23-12-16(17-6-3-7-22-19(17)23)9-15(10-21)18-20(24)25-18/h2-9,12,18,20,24H,11H2,1H3/b15-9+. The highest BCUT2D eigenvalue weighted by Crippen LogP contribution is 2.30. The maximum atomic E-state index is 9.41. The summed E-state index contributed by atoms with van der Waals surface area (Å²) < 4.78 is 7.09. The molecule has 1 fully saturated rings. The van der Waals surface area contributed by atoms with E-state index < -0.39 is 12.4 Å². The fraction of sp³-hybridized carbons (Fsp3) is 0.200. The minimum absolute atomic E-state index is 0.422. The summed E-state index contributed by atoms with van der Waals surface area (Å²) in [6.07, 6.45) is 4.15. The molecule has 25 heavy (non-hydrogen) atoms. The van der Waals surface area contributed by atoms with Gasteiger partial charge in [0.15, 0.2) is 6.29 Å². The molecule has 1 aliphatic rings. The van der Waals surface area contributed by atoms with Gasteiger partial charge in [-0.2, -0.15) is 5.26 Å². The SMILES string of the molecule is Cc1cccc(Cn2cc(/C=C(\C#N)C3OC3O)c3cccnc32)c1. The fourth-order valence-corrected chi connectivity index (χ4v) is 3.07. The van der Waals surface area contributed by atoms with Gasteiger partial charge in [0.05, 0.1) is 11.6 Å². The average Bonchev–Trinajstić information content (AvgIpc) is 3.24. The number of aryl methyl sites for hydroxylation is 1. The number of hydrogen-bond acceptors (Lipinski definition) is 4. The number of epoxide rings is 1. The molecule has 2 atom stereocenters. The molecule has 124 valence electrons. The monoisotopic (exact) mass is 331 g/mol. The number of ether oxygens (including phenoxy) is 1. The number of aliphatic hydroxyl groups is 1. The van der Waals surface area contributed by atoms with Gasteiger partial charge < -0.3 is 14.4 Å². The molecule has 0 spiro atoms. The largest absolute Gasteiger partial charge is 0.366 e. The Morgan fingerprint density at radius 3 is 2.96 bits per heavy atom. The Balaban J connectivity index is 1.76. The number of aliphatic hydroxyl groups excluding tert-OH is 1. The first-order valence-electron chi connectivity index (χ1n) is 8.10. The Labute approximate surface area is 145 Å². The summed E-state index contributed by atoms with van der Waals surface area (Å²) in [5, 5.41) is 19.7. The molecular formula is C20H17N3O2. The highest BCUT2D eigenvalue weighted by atomic mass is 16.7. The second-order valence-electron chi connectivity index (χ2n) is 6.23. The van der Waals surface area contributed by atoms with E-state index in [-0.39, 0.29) is 0 Å². The van der Waals surface area contributed by atoms with Crippen LogP contribution < -0.4 is 0 Å². The Morgan fingerprint density at radius 1 is 1.40 bits per heavy atom. The zero-order chi connectivity index (χ0) is 17.4. The molecule has 2 aromatic heterocycles. The van der Waals surface area contributed by atoms with Gasteiger partial charge in [-0.15, -0.1) is 0 Å². The predicted octanol–water partition coefficient (Wildman–Crippen LogP) is 3.02. The lowest BCUT2D eigenvalue weighted by atomic mass is 10.1. The molecule has 1 N–H and O–H groups in total. The van der Waals surface area contributed by atoms with Gasteiger partial charge in [0.1, 0.15) is 11.8 Å². The lowest BCUT2D eigenvalue weighted by Gasteiger charge is -2.05. The Bertz CT molecular complexity index is 1010. The van der Waals surface area contributed by atoms with Gasteiger partial charge in [-0.3, -0.25) is 0 Å². The van der Waals surface area contributed by atoms with Crippen molar-refractivity contribution in [3.05, 3.63) is 71.1 Å². The third kappa shape index (κ3) is 3.05. The van der Waals surface area contributed by atoms with Gasteiger partial charge in [-0.1, -0.05) is 29.8 Å². The van der Waals surface area contributed by atoms with Crippen LogP contribution in [0.5, 0.6) is 0 Å². The summed E-state index contributed by atoms with van der Waals surface area (Å²) in [4.78, 5) is 4.50. The lowest BCUT2D eigenvalue weighted by Crippen LogP contribution is -1.99. The summed E-state index contributed by atoms with van der Waals surface area (Å²) in [6, 6.07) is 14.3. The average molecular weight is 331 g/mol. The molecule has 1 aliphatic heterocycles. The molecule has 0 aliphatic carbocycles. The summed E-state index contributed by atoms with van der Waals surface area (Å²) in [5.74, 6) is 0. The molecule has 1 saturated heterocycles. The van der Waals surface area contributed by atoms with Crippen LogP contribution in [-0.4, -0.2) is 27.1 Å². The summed E-state index contributed by atoms with van der Waals surface area (Å²) in [7, 11) is 0. The number of nitrogens with zero attached hydrogens (tertiary/aromatic N) is 3. The second kappa shape index (κ2) is 6.17. The van der Waals surface area contributed by atoms with Crippen LogP contribution in [0.3, 0.4) is 0 Å². The van der Waals surface area contributed by atoms with Gasteiger partial charge in [-0.25, -0.2) is 4.98 Å². The quantitative estimate of drug-likeness (QED) is 0.589. The Morgan fingerprint density at radius 2 is 2.24 bits per heavy atom. The Hall–Kier alpha value is -2.94. The van der Waals surface area contributed by atoms with E-state index in [2.05, 4.69) is 40.7 Å². The maximum Gasteiger partial charge on any atom is 0.187 e. The highest BCUT2D eigenvalue weighted by molar-refractivity contribution is 5.88. The number of rotatable bonds is 4. The van der Waals surface area contributed by atoms with Crippen LogP contribution in [-0.2, 0) is 11.3 Å². The smallest absolute Gasteiger partial charge is 0.187 e. The van der Waals surface area contributed by atoms with Crippen LogP contribution >= 0.6 is 0 Å². The first-order valence-corrected chi connectivity index (χ1v) is 8.10. The molecule has 0 amide bonds. The van der Waals surface area contributed by atoms with E-state index in [1.54, 1.807) is 12.3 Å². The van der Waals surface area contributed by atoms with Crippen LogP contribution in [0.25, 0.3) is 17.1 Å². The van der Waals surface area contributed by atoms with E-state index in [1.165, 1.54) is 11.1 Å². The summed E-state index contributed by atoms with van der Waals surface area (Å²) >= 11 is 0. The van der Waals surface area contributed by atoms with Crippen molar-refractivity contribution in [2.75, 3.05) is 0 Å². The molecule has 0 saturated carbocycles. The molecule has 5 nitrogen and oxygen atoms in total. The van der Waals surface area contributed by atoms with Crippen LogP contribution in [0.2, 0.25) is 0 Å². The minimum atomic E-state index is -0.871. The van der Waals surface area contributed by atoms with Gasteiger partial charge in [0, 0.05) is 29.9 Å². The number of hydrogen-bond donors (Lipinski definition) is 1. The molecule has 4 rings (SSSR count). The summed E-state index contributed by atoms with van der Waals surface area (Å²) in [5.41, 5.74) is 4.60. The fourth-order valence-electron chi connectivity index (χ4n) is 3.07. The minimum Gasteiger partial charge on any atom is -0.366 e. The predicted molar refractivity (Wildman–Crippen MR) is 94.5 cm³/mol. The lowest BCUT2D eigenvalue weighted by molar-refractivity contribution is 0.156. The van der Waals surface area contributed by atoms with Gasteiger partial charge in [0.25, 0.3) is 0 Å². The van der Waals surface area contributed by atoms with E-state index in [4.69, 9.17) is 4.74 Å². The molecule has 3 heterocycles. The van der Waals surface area contributed by atoms with Crippen LogP contribution in [0.1, 0.15) is 16.7 Å². The second-order valence-corrected chi connectivity index (χ2v) is 6.23. The molecule has 5 heteroatoms. The normalized spacial score (nSPS) is 19.8. The topological polar surface area (TPSA) is 74.4 Å². The molecule has 0 radical (unpaired) electrons. The molecule has 1 aromatic carbocycles. The Kier molecular flexibility index (Phi) is 3.85. The zero-order valence-electron chi connectivity index (χ0n) is 13.8. The van der Waals surface area contributed by atoms with E-state index in [9.17, 15) is 10.4 Å². The number of nitriles is 1. The van der Waals surface area contributed by atoms with Gasteiger partial charge in [-0.05, 0) is 30.7 Å². The number of pyridine rings is 1. The molecule has 3 aromatic rings.